The van der Waals surface area contributed by atoms with Crippen molar-refractivity contribution in [3.8, 4) is 0 Å². The van der Waals surface area contributed by atoms with Gasteiger partial charge in [0.25, 0.3) is 15.6 Å². The second kappa shape index (κ2) is 7.10. The average Bonchev–Trinajstić information content (AvgIpc) is 3.15. The SMILES string of the molecule is CCOC(=O)c1c[nH]c2c(=O)[nH]c3ccc(S(=O)(=O)Nc4ccccc4)cc3c12. The van der Waals surface area contributed by atoms with Crippen molar-refractivity contribution in [2.75, 3.05) is 11.3 Å². The summed E-state index contributed by atoms with van der Waals surface area (Å²) >= 11 is 0. The van der Waals surface area contributed by atoms with Crippen molar-refractivity contribution in [1.29, 1.82) is 0 Å². The van der Waals surface area contributed by atoms with Crippen LogP contribution in [0.4, 0.5) is 5.69 Å². The van der Waals surface area contributed by atoms with Gasteiger partial charge in [0, 0.05) is 28.2 Å². The third kappa shape index (κ3) is 3.36. The molecule has 4 rings (SSSR count). The number of nitrogens with one attached hydrogen (secondary N) is 3. The number of benzene rings is 2. The van der Waals surface area contributed by atoms with Crippen LogP contribution in [0.2, 0.25) is 0 Å². The highest BCUT2D eigenvalue weighted by Gasteiger charge is 2.20. The van der Waals surface area contributed by atoms with E-state index in [0.29, 0.717) is 22.0 Å². The Labute approximate surface area is 165 Å². The molecule has 2 aromatic heterocycles. The van der Waals surface area contributed by atoms with Gasteiger partial charge < -0.3 is 14.7 Å². The number of sulfonamides is 1. The van der Waals surface area contributed by atoms with E-state index in [1.165, 1.54) is 24.4 Å². The zero-order valence-electron chi connectivity index (χ0n) is 15.4. The lowest BCUT2D eigenvalue weighted by molar-refractivity contribution is 0.0529. The highest BCUT2D eigenvalue weighted by Crippen LogP contribution is 2.28. The van der Waals surface area contributed by atoms with Crippen molar-refractivity contribution in [1.82, 2.24) is 9.97 Å². The molecule has 9 heteroatoms. The molecule has 3 N–H and O–H groups in total. The number of ether oxygens (including phenoxy) is 1. The van der Waals surface area contributed by atoms with E-state index < -0.39 is 21.6 Å². The summed E-state index contributed by atoms with van der Waals surface area (Å²) in [5.41, 5.74) is 0.759. The van der Waals surface area contributed by atoms with E-state index in [4.69, 9.17) is 4.74 Å². The number of aromatic amines is 2. The van der Waals surface area contributed by atoms with Crippen molar-refractivity contribution < 1.29 is 17.9 Å². The Kier molecular flexibility index (Phi) is 4.59. The number of aromatic nitrogens is 2. The van der Waals surface area contributed by atoms with Gasteiger partial charge >= 0.3 is 5.97 Å². The zero-order chi connectivity index (χ0) is 20.6. The van der Waals surface area contributed by atoms with Crippen LogP contribution in [0.25, 0.3) is 21.8 Å². The molecule has 0 fully saturated rings. The fourth-order valence-corrected chi connectivity index (χ4v) is 4.25. The summed E-state index contributed by atoms with van der Waals surface area (Å²) in [6.07, 6.45) is 1.39. The number of fused-ring (bicyclic) bond motifs is 3. The first-order valence-electron chi connectivity index (χ1n) is 8.83. The van der Waals surface area contributed by atoms with E-state index in [1.807, 2.05) is 0 Å². The summed E-state index contributed by atoms with van der Waals surface area (Å²) in [5.74, 6) is -0.596. The smallest absolute Gasteiger partial charge is 0.340 e. The van der Waals surface area contributed by atoms with Gasteiger partial charge in [-0.2, -0.15) is 0 Å². The number of H-pyrrole nitrogens is 2. The Morgan fingerprint density at radius 1 is 1.14 bits per heavy atom. The number of rotatable bonds is 5. The number of para-hydroxylation sites is 1. The van der Waals surface area contributed by atoms with E-state index in [-0.39, 0.29) is 22.6 Å². The molecule has 4 aromatic rings. The van der Waals surface area contributed by atoms with Crippen LogP contribution < -0.4 is 10.3 Å². The molecule has 8 nitrogen and oxygen atoms in total. The summed E-state index contributed by atoms with van der Waals surface area (Å²) in [4.78, 5) is 30.1. The molecular formula is C20H17N3O5S. The molecule has 0 aliphatic rings. The lowest BCUT2D eigenvalue weighted by Gasteiger charge is -2.10. The monoisotopic (exact) mass is 411 g/mol. The Hall–Kier alpha value is -3.59. The van der Waals surface area contributed by atoms with Crippen LogP contribution in [0, 0.1) is 0 Å². The third-order valence-electron chi connectivity index (χ3n) is 4.45. The summed E-state index contributed by atoms with van der Waals surface area (Å²) in [5, 5.41) is 0.735. The first-order valence-corrected chi connectivity index (χ1v) is 10.3. The topological polar surface area (TPSA) is 121 Å². The standard InChI is InChI=1S/C20H17N3O5S/c1-2-28-20(25)15-11-21-18-17(15)14-10-13(8-9-16(14)22-19(18)24)29(26,27)23-12-6-4-3-5-7-12/h3-11,21,23H,2H2,1H3,(H,22,24). The molecule has 0 saturated carbocycles. The first kappa shape index (κ1) is 18.8. The number of pyridine rings is 1. The summed E-state index contributed by atoms with van der Waals surface area (Å²) in [7, 11) is -3.88. The number of hydrogen-bond acceptors (Lipinski definition) is 5. The van der Waals surface area contributed by atoms with E-state index >= 15 is 0 Å². The Bertz CT molecular complexity index is 1390. The fourth-order valence-electron chi connectivity index (χ4n) is 3.16. The molecule has 0 aliphatic carbocycles. The molecule has 148 valence electrons. The van der Waals surface area contributed by atoms with Gasteiger partial charge in [0.2, 0.25) is 0 Å². The van der Waals surface area contributed by atoms with Crippen LogP contribution in [-0.4, -0.2) is 31.0 Å². The minimum absolute atomic E-state index is 0.00166. The van der Waals surface area contributed by atoms with Crippen LogP contribution in [0.15, 0.2) is 64.4 Å². The van der Waals surface area contributed by atoms with Crippen LogP contribution in [0.1, 0.15) is 17.3 Å². The molecule has 2 aromatic carbocycles. The van der Waals surface area contributed by atoms with Crippen molar-refractivity contribution >= 4 is 43.5 Å². The second-order valence-electron chi connectivity index (χ2n) is 6.31. The maximum atomic E-state index is 12.8. The predicted molar refractivity (Wildman–Crippen MR) is 110 cm³/mol. The summed E-state index contributed by atoms with van der Waals surface area (Å²) < 4.78 is 33.2. The van der Waals surface area contributed by atoms with Crippen molar-refractivity contribution in [2.45, 2.75) is 11.8 Å². The largest absolute Gasteiger partial charge is 0.462 e. The molecule has 0 unspecified atom stereocenters. The number of esters is 1. The second-order valence-corrected chi connectivity index (χ2v) is 7.99. The molecular weight excluding hydrogens is 394 g/mol. The normalized spacial score (nSPS) is 11.6. The number of hydrogen-bond donors (Lipinski definition) is 3. The third-order valence-corrected chi connectivity index (χ3v) is 5.83. The molecule has 0 amide bonds. The molecule has 0 saturated heterocycles. The molecule has 0 bridgehead atoms. The van der Waals surface area contributed by atoms with Crippen LogP contribution in [0.3, 0.4) is 0 Å². The highest BCUT2D eigenvalue weighted by molar-refractivity contribution is 7.92. The van der Waals surface area contributed by atoms with E-state index in [2.05, 4.69) is 14.7 Å². The van der Waals surface area contributed by atoms with Gasteiger partial charge in [0.05, 0.1) is 17.1 Å². The lowest BCUT2D eigenvalue weighted by Crippen LogP contribution is -2.13. The van der Waals surface area contributed by atoms with Gasteiger partial charge in [-0.25, -0.2) is 13.2 Å². The Morgan fingerprint density at radius 3 is 2.62 bits per heavy atom. The van der Waals surface area contributed by atoms with E-state index in [9.17, 15) is 18.0 Å². The first-order chi connectivity index (χ1) is 13.9. The van der Waals surface area contributed by atoms with Crippen molar-refractivity contribution in [3.63, 3.8) is 0 Å². The molecule has 2 heterocycles. The van der Waals surface area contributed by atoms with Gasteiger partial charge in [-0.15, -0.1) is 0 Å². The number of carbonyl (C=O) groups is 1. The van der Waals surface area contributed by atoms with E-state index in [1.54, 1.807) is 37.3 Å². The Morgan fingerprint density at radius 2 is 1.90 bits per heavy atom. The quantitative estimate of drug-likeness (QED) is 0.436. The maximum Gasteiger partial charge on any atom is 0.340 e. The zero-order valence-corrected chi connectivity index (χ0v) is 16.2. The van der Waals surface area contributed by atoms with Gasteiger partial charge in [0.15, 0.2) is 0 Å². The van der Waals surface area contributed by atoms with E-state index in [0.717, 1.165) is 0 Å². The maximum absolute atomic E-state index is 12.8. The van der Waals surface area contributed by atoms with Crippen LogP contribution >= 0.6 is 0 Å². The van der Waals surface area contributed by atoms with Gasteiger partial charge in [-0.3, -0.25) is 9.52 Å². The van der Waals surface area contributed by atoms with Crippen molar-refractivity contribution in [3.05, 3.63) is 70.6 Å². The summed E-state index contributed by atoms with van der Waals surface area (Å²) in [6.45, 7) is 1.85. The molecule has 0 aliphatic heterocycles. The predicted octanol–water partition coefficient (Wildman–Crippen LogP) is 2.99. The van der Waals surface area contributed by atoms with Gasteiger partial charge in [-0.05, 0) is 37.3 Å². The van der Waals surface area contributed by atoms with Crippen LogP contribution in [-0.2, 0) is 14.8 Å². The molecule has 0 spiro atoms. The Balaban J connectivity index is 1.92. The van der Waals surface area contributed by atoms with Crippen LogP contribution in [0.5, 0.6) is 0 Å². The number of carbonyl (C=O) groups excluding carboxylic acids is 1. The molecule has 0 radical (unpaired) electrons. The number of anilines is 1. The van der Waals surface area contributed by atoms with Gasteiger partial charge in [-0.1, -0.05) is 18.2 Å². The molecule has 0 atom stereocenters. The fraction of sp³-hybridized carbons (Fsp3) is 0.100. The minimum Gasteiger partial charge on any atom is -0.462 e. The average molecular weight is 411 g/mol. The molecule has 29 heavy (non-hydrogen) atoms. The lowest BCUT2D eigenvalue weighted by atomic mass is 10.1. The minimum atomic E-state index is -3.88. The van der Waals surface area contributed by atoms with Crippen molar-refractivity contribution in [2.24, 2.45) is 0 Å². The summed E-state index contributed by atoms with van der Waals surface area (Å²) in [6, 6.07) is 12.8. The highest BCUT2D eigenvalue weighted by atomic mass is 32.2. The van der Waals surface area contributed by atoms with Gasteiger partial charge in [0.1, 0.15) is 5.52 Å².